The van der Waals surface area contributed by atoms with E-state index in [9.17, 15) is 4.79 Å². The molecule has 0 aliphatic heterocycles. The van der Waals surface area contributed by atoms with E-state index in [2.05, 4.69) is 56.3 Å². The minimum absolute atomic E-state index is 0.0835. The van der Waals surface area contributed by atoms with E-state index in [4.69, 9.17) is 9.84 Å². The van der Waals surface area contributed by atoms with E-state index < -0.39 is 5.97 Å². The first-order valence-corrected chi connectivity index (χ1v) is 10.4. The summed E-state index contributed by atoms with van der Waals surface area (Å²) in [7, 11) is 1.68. The van der Waals surface area contributed by atoms with Gasteiger partial charge in [0.25, 0.3) is 0 Å². The highest BCUT2D eigenvalue weighted by Gasteiger charge is 2.28. The molecule has 0 fully saturated rings. The van der Waals surface area contributed by atoms with Gasteiger partial charge in [0, 0.05) is 0 Å². The molecule has 3 aromatic rings. The molecule has 1 aliphatic carbocycles. The Kier molecular flexibility index (Phi) is 5.51. The number of carbonyl (C=O) groups is 1. The largest absolute Gasteiger partial charge is 0.497 e. The quantitative estimate of drug-likeness (QED) is 0.477. The van der Waals surface area contributed by atoms with Gasteiger partial charge in [-0.2, -0.15) is 0 Å². The van der Waals surface area contributed by atoms with Crippen molar-refractivity contribution in [2.24, 2.45) is 0 Å². The van der Waals surface area contributed by atoms with Crippen LogP contribution in [0.2, 0.25) is 0 Å². The fourth-order valence-electron chi connectivity index (χ4n) is 4.03. The fourth-order valence-corrected chi connectivity index (χ4v) is 4.03. The topological polar surface area (TPSA) is 46.5 Å². The number of ether oxygens (including phenoxy) is 1. The van der Waals surface area contributed by atoms with Crippen molar-refractivity contribution < 1.29 is 14.6 Å². The van der Waals surface area contributed by atoms with E-state index >= 15 is 0 Å². The van der Waals surface area contributed by atoms with Crippen LogP contribution >= 0.6 is 0 Å². The summed E-state index contributed by atoms with van der Waals surface area (Å²) in [6, 6.07) is 21.8. The summed E-state index contributed by atoms with van der Waals surface area (Å²) in [5.41, 5.74) is 7.49. The summed E-state index contributed by atoms with van der Waals surface area (Å²) >= 11 is 0. The molecule has 0 spiro atoms. The molecule has 31 heavy (non-hydrogen) atoms. The zero-order chi connectivity index (χ0) is 22.0. The number of carboxylic acid groups (broad SMARTS) is 1. The van der Waals surface area contributed by atoms with Gasteiger partial charge in [-0.3, -0.25) is 0 Å². The molecule has 1 aliphatic rings. The van der Waals surface area contributed by atoms with E-state index in [1.807, 2.05) is 30.3 Å². The molecule has 3 nitrogen and oxygen atoms in total. The molecule has 0 aromatic heterocycles. The first-order valence-electron chi connectivity index (χ1n) is 10.4. The maximum atomic E-state index is 11.0. The van der Waals surface area contributed by atoms with Gasteiger partial charge in [-0.25, -0.2) is 4.79 Å². The summed E-state index contributed by atoms with van der Waals surface area (Å²) in [6.07, 6.45) is 7.41. The van der Waals surface area contributed by atoms with Gasteiger partial charge in [0.05, 0.1) is 12.7 Å². The van der Waals surface area contributed by atoms with Crippen molar-refractivity contribution in [2.45, 2.75) is 25.7 Å². The van der Waals surface area contributed by atoms with Crippen molar-refractivity contribution in [2.75, 3.05) is 7.11 Å². The predicted octanol–water partition coefficient (Wildman–Crippen LogP) is 6.68. The molecule has 0 bridgehead atoms. The minimum atomic E-state index is -0.911. The van der Waals surface area contributed by atoms with Crippen molar-refractivity contribution in [3.63, 3.8) is 0 Å². The predicted molar refractivity (Wildman–Crippen MR) is 126 cm³/mol. The first kappa shape index (κ1) is 20.7. The molecule has 0 unspecified atom stereocenters. The van der Waals surface area contributed by atoms with Gasteiger partial charge in [0.15, 0.2) is 0 Å². The molecule has 3 heteroatoms. The molecule has 0 saturated heterocycles. The summed E-state index contributed by atoms with van der Waals surface area (Å²) < 4.78 is 5.31. The molecule has 0 amide bonds. The van der Waals surface area contributed by atoms with Crippen molar-refractivity contribution >= 4 is 23.7 Å². The average molecular weight is 411 g/mol. The summed E-state index contributed by atoms with van der Waals surface area (Å²) in [6.45, 7) is 4.57. The Morgan fingerprint density at radius 3 is 2.23 bits per heavy atom. The Morgan fingerprint density at radius 2 is 1.58 bits per heavy atom. The highest BCUT2D eigenvalue weighted by Crippen LogP contribution is 2.42. The lowest BCUT2D eigenvalue weighted by molar-refractivity contribution is 0.0697. The zero-order valence-electron chi connectivity index (χ0n) is 18.1. The van der Waals surface area contributed by atoms with Crippen molar-refractivity contribution in [3.8, 4) is 5.75 Å². The second-order valence-electron chi connectivity index (χ2n) is 8.50. The van der Waals surface area contributed by atoms with Gasteiger partial charge in [-0.15, -0.1) is 0 Å². The zero-order valence-corrected chi connectivity index (χ0v) is 18.1. The summed E-state index contributed by atoms with van der Waals surface area (Å²) in [5.74, 6) is -0.0583. The van der Waals surface area contributed by atoms with Crippen LogP contribution in [0.4, 0.5) is 0 Å². The molecule has 4 rings (SSSR count). The molecule has 0 heterocycles. The number of carboxylic acids is 1. The van der Waals surface area contributed by atoms with Crippen LogP contribution in [-0.2, 0) is 5.41 Å². The molecular formula is C28H26O3. The van der Waals surface area contributed by atoms with E-state index in [-0.39, 0.29) is 5.41 Å². The van der Waals surface area contributed by atoms with Crippen LogP contribution in [0.5, 0.6) is 5.75 Å². The molecule has 0 saturated carbocycles. The Balaban J connectivity index is 1.68. The van der Waals surface area contributed by atoms with Crippen LogP contribution in [0.25, 0.3) is 17.7 Å². The number of fused-ring (bicyclic) bond motifs is 1. The number of rotatable bonds is 5. The van der Waals surface area contributed by atoms with Crippen LogP contribution < -0.4 is 4.74 Å². The Hall–Kier alpha value is -3.59. The number of methoxy groups -OCH3 is 1. The lowest BCUT2D eigenvalue weighted by Crippen LogP contribution is -2.21. The highest BCUT2D eigenvalue weighted by molar-refractivity contribution is 5.88. The minimum Gasteiger partial charge on any atom is -0.497 e. The Morgan fingerprint density at radius 1 is 0.935 bits per heavy atom. The molecule has 0 atom stereocenters. The standard InChI is InChI=1S/C28H26O3/c1-28(2)17-16-24(21-11-13-23(31-3)14-12-21)25-18-20(8-15-26(25)28)5-4-19-6-9-22(10-7-19)27(29)30/h4-16,18H,17H2,1-3H3,(H,29,30). The average Bonchev–Trinajstić information content (AvgIpc) is 2.78. The summed E-state index contributed by atoms with van der Waals surface area (Å²) in [4.78, 5) is 11.0. The fraction of sp³-hybridized carbons (Fsp3) is 0.179. The number of aromatic carboxylic acids is 1. The molecule has 3 aromatic carbocycles. The van der Waals surface area contributed by atoms with Crippen molar-refractivity contribution in [1.82, 2.24) is 0 Å². The van der Waals surface area contributed by atoms with E-state index in [0.29, 0.717) is 5.56 Å². The third kappa shape index (κ3) is 4.31. The lowest BCUT2D eigenvalue weighted by Gasteiger charge is -2.32. The van der Waals surface area contributed by atoms with Gasteiger partial charge in [0.1, 0.15) is 5.75 Å². The summed E-state index contributed by atoms with van der Waals surface area (Å²) in [5, 5.41) is 9.06. The van der Waals surface area contributed by atoms with Gasteiger partial charge < -0.3 is 9.84 Å². The second-order valence-corrected chi connectivity index (χ2v) is 8.50. The molecule has 1 N–H and O–H groups in total. The third-order valence-electron chi connectivity index (χ3n) is 5.91. The van der Waals surface area contributed by atoms with Crippen LogP contribution in [0.15, 0.2) is 72.8 Å². The van der Waals surface area contributed by atoms with Crippen LogP contribution in [-0.4, -0.2) is 18.2 Å². The number of hydrogen-bond donors (Lipinski definition) is 1. The van der Waals surface area contributed by atoms with E-state index in [1.54, 1.807) is 19.2 Å². The van der Waals surface area contributed by atoms with Crippen LogP contribution in [0, 0.1) is 0 Å². The number of benzene rings is 3. The molecular weight excluding hydrogens is 384 g/mol. The van der Waals surface area contributed by atoms with Gasteiger partial charge >= 0.3 is 5.97 Å². The first-order chi connectivity index (χ1) is 14.9. The Bertz CT molecular complexity index is 1160. The maximum absolute atomic E-state index is 11.0. The third-order valence-corrected chi connectivity index (χ3v) is 5.91. The maximum Gasteiger partial charge on any atom is 0.335 e. The number of allylic oxidation sites excluding steroid dienone is 1. The van der Waals surface area contributed by atoms with Crippen LogP contribution in [0.1, 0.15) is 58.4 Å². The van der Waals surface area contributed by atoms with Crippen molar-refractivity contribution in [3.05, 3.63) is 106 Å². The highest BCUT2D eigenvalue weighted by atomic mass is 16.5. The van der Waals surface area contributed by atoms with E-state index in [0.717, 1.165) is 23.3 Å². The second kappa shape index (κ2) is 8.27. The van der Waals surface area contributed by atoms with Gasteiger partial charge in [-0.05, 0) is 75.6 Å². The molecule has 156 valence electrons. The number of hydrogen-bond acceptors (Lipinski definition) is 2. The SMILES string of the molecule is COc1ccc(C2=CCC(C)(C)c3ccc(C=Cc4ccc(C(=O)O)cc4)cc32)cc1. The Labute approximate surface area is 183 Å². The lowest BCUT2D eigenvalue weighted by atomic mass is 9.72. The van der Waals surface area contributed by atoms with Gasteiger partial charge in [-0.1, -0.05) is 68.5 Å². The monoisotopic (exact) mass is 410 g/mol. The normalized spacial score (nSPS) is 14.7. The van der Waals surface area contributed by atoms with Gasteiger partial charge in [0.2, 0.25) is 0 Å². The molecule has 0 radical (unpaired) electrons. The smallest absolute Gasteiger partial charge is 0.335 e. The van der Waals surface area contributed by atoms with Crippen molar-refractivity contribution in [1.29, 1.82) is 0 Å². The van der Waals surface area contributed by atoms with E-state index in [1.165, 1.54) is 22.3 Å². The van der Waals surface area contributed by atoms with Crippen LogP contribution in [0.3, 0.4) is 0 Å².